The monoisotopic (exact) mass is 205 g/mol. The first-order chi connectivity index (χ1) is 7.43. The molecule has 0 atom stereocenters. The van der Waals surface area contributed by atoms with Crippen LogP contribution in [0.2, 0.25) is 0 Å². The fourth-order valence-electron chi connectivity index (χ4n) is 2.23. The molecular weight excluding hydrogens is 182 g/mol. The Hall–Kier alpha value is -0.770. The van der Waals surface area contributed by atoms with Gasteiger partial charge >= 0.3 is 0 Å². The molecule has 1 nitrogen and oxygen atoms in total. The fourth-order valence-corrected chi connectivity index (χ4v) is 2.23. The van der Waals surface area contributed by atoms with Gasteiger partial charge in [-0.3, -0.25) is 0 Å². The van der Waals surface area contributed by atoms with Crippen LogP contribution in [0.5, 0.6) is 0 Å². The van der Waals surface area contributed by atoms with Gasteiger partial charge in [-0.05, 0) is 25.7 Å². The summed E-state index contributed by atoms with van der Waals surface area (Å²) in [5.41, 5.74) is 1.39. The van der Waals surface area contributed by atoms with Crippen LogP contribution < -0.4 is 0 Å². The van der Waals surface area contributed by atoms with Crippen LogP contribution in [0, 0.1) is 11.3 Å². The molecule has 1 aliphatic rings. The zero-order chi connectivity index (χ0) is 10.8. The van der Waals surface area contributed by atoms with Crippen molar-refractivity contribution in [1.82, 2.24) is 0 Å². The van der Waals surface area contributed by atoms with Crippen molar-refractivity contribution in [2.75, 3.05) is 0 Å². The molecule has 0 aliphatic heterocycles. The Morgan fingerprint density at radius 2 is 1.53 bits per heavy atom. The molecule has 0 fully saturated rings. The van der Waals surface area contributed by atoms with E-state index in [1.165, 1.54) is 63.4 Å². The van der Waals surface area contributed by atoms with Crippen LogP contribution in [0.25, 0.3) is 0 Å². The van der Waals surface area contributed by atoms with E-state index in [2.05, 4.69) is 12.1 Å². The smallest absolute Gasteiger partial charge is 0.0666 e. The molecular formula is C14H23N. The summed E-state index contributed by atoms with van der Waals surface area (Å²) < 4.78 is 0. The van der Waals surface area contributed by atoms with Crippen molar-refractivity contribution in [1.29, 1.82) is 5.26 Å². The van der Waals surface area contributed by atoms with Gasteiger partial charge in [0.1, 0.15) is 0 Å². The van der Waals surface area contributed by atoms with Crippen molar-refractivity contribution in [3.05, 3.63) is 11.6 Å². The summed E-state index contributed by atoms with van der Waals surface area (Å²) in [7, 11) is 0. The number of rotatable bonds is 1. The van der Waals surface area contributed by atoms with Crippen LogP contribution in [-0.4, -0.2) is 0 Å². The second-order valence-electron chi connectivity index (χ2n) is 4.56. The van der Waals surface area contributed by atoms with E-state index in [1.807, 2.05) is 0 Å². The molecule has 84 valence electrons. The summed E-state index contributed by atoms with van der Waals surface area (Å²) in [4.78, 5) is 0. The molecule has 0 saturated carbocycles. The van der Waals surface area contributed by atoms with Gasteiger partial charge in [-0.15, -0.1) is 0 Å². The highest BCUT2D eigenvalue weighted by molar-refractivity contribution is 5.07. The van der Waals surface area contributed by atoms with Gasteiger partial charge in [-0.25, -0.2) is 0 Å². The minimum atomic E-state index is 0.653. The third kappa shape index (κ3) is 6.33. The predicted molar refractivity (Wildman–Crippen MR) is 64.5 cm³/mol. The van der Waals surface area contributed by atoms with Crippen molar-refractivity contribution in [3.63, 3.8) is 0 Å². The van der Waals surface area contributed by atoms with Gasteiger partial charge in [0.05, 0.1) is 12.5 Å². The standard InChI is InChI=1S/C14H23N/c15-13-12-14-10-8-6-4-2-1-3-5-7-9-11-14/h10H,1-9,11-12H2/b14-10-. The van der Waals surface area contributed by atoms with Crippen molar-refractivity contribution < 1.29 is 0 Å². The highest BCUT2D eigenvalue weighted by atomic mass is 14.2. The number of nitriles is 1. The zero-order valence-electron chi connectivity index (χ0n) is 9.80. The van der Waals surface area contributed by atoms with E-state index < -0.39 is 0 Å². The normalized spacial score (nSPS) is 24.1. The van der Waals surface area contributed by atoms with Crippen molar-refractivity contribution >= 4 is 0 Å². The van der Waals surface area contributed by atoms with Crippen LogP contribution in [0.15, 0.2) is 11.6 Å². The molecule has 0 bridgehead atoms. The molecule has 1 rings (SSSR count). The summed E-state index contributed by atoms with van der Waals surface area (Å²) >= 11 is 0. The Morgan fingerprint density at radius 1 is 0.933 bits per heavy atom. The lowest BCUT2D eigenvalue weighted by Gasteiger charge is -2.07. The maximum atomic E-state index is 8.72. The van der Waals surface area contributed by atoms with Gasteiger partial charge < -0.3 is 0 Å². The molecule has 0 aromatic heterocycles. The topological polar surface area (TPSA) is 23.8 Å². The average molecular weight is 205 g/mol. The summed E-state index contributed by atoms with van der Waals surface area (Å²) in [6.45, 7) is 0. The van der Waals surface area contributed by atoms with E-state index in [0.717, 1.165) is 6.42 Å². The van der Waals surface area contributed by atoms with Gasteiger partial charge in [0.25, 0.3) is 0 Å². The highest BCUT2D eigenvalue weighted by Crippen LogP contribution is 2.18. The van der Waals surface area contributed by atoms with Crippen LogP contribution in [0.3, 0.4) is 0 Å². The minimum Gasteiger partial charge on any atom is -0.198 e. The van der Waals surface area contributed by atoms with E-state index in [1.54, 1.807) is 0 Å². The van der Waals surface area contributed by atoms with Crippen LogP contribution in [0.4, 0.5) is 0 Å². The number of hydrogen-bond acceptors (Lipinski definition) is 1. The Balaban J connectivity index is 2.35. The molecule has 0 saturated heterocycles. The van der Waals surface area contributed by atoms with E-state index in [4.69, 9.17) is 5.26 Å². The average Bonchev–Trinajstić information content (AvgIpc) is 2.22. The second kappa shape index (κ2) is 8.53. The lowest BCUT2D eigenvalue weighted by Crippen LogP contribution is -1.88. The van der Waals surface area contributed by atoms with Crippen molar-refractivity contribution in [2.45, 2.75) is 70.6 Å². The molecule has 0 heterocycles. The SMILES string of the molecule is N#CC/C1=C\CCCCCCCCCC1. The van der Waals surface area contributed by atoms with Crippen molar-refractivity contribution in [2.24, 2.45) is 0 Å². The van der Waals surface area contributed by atoms with Crippen molar-refractivity contribution in [3.8, 4) is 6.07 Å². The van der Waals surface area contributed by atoms with Crippen LogP contribution >= 0.6 is 0 Å². The number of nitrogens with zero attached hydrogens (tertiary/aromatic N) is 1. The molecule has 15 heavy (non-hydrogen) atoms. The summed E-state index contributed by atoms with van der Waals surface area (Å²) in [6.07, 6.45) is 16.3. The third-order valence-corrected chi connectivity index (χ3v) is 3.19. The molecule has 0 radical (unpaired) electrons. The molecule has 0 N–H and O–H groups in total. The molecule has 0 aromatic rings. The fraction of sp³-hybridized carbons (Fsp3) is 0.786. The number of allylic oxidation sites excluding steroid dienone is 2. The van der Waals surface area contributed by atoms with Crippen LogP contribution in [0.1, 0.15) is 70.6 Å². The molecule has 0 unspecified atom stereocenters. The largest absolute Gasteiger partial charge is 0.198 e. The zero-order valence-corrected chi connectivity index (χ0v) is 9.80. The molecule has 0 spiro atoms. The molecule has 1 heteroatoms. The first kappa shape index (κ1) is 12.3. The third-order valence-electron chi connectivity index (χ3n) is 3.19. The summed E-state index contributed by atoms with van der Waals surface area (Å²) in [5, 5.41) is 8.72. The summed E-state index contributed by atoms with van der Waals surface area (Å²) in [5.74, 6) is 0. The number of hydrogen-bond donors (Lipinski definition) is 0. The summed E-state index contributed by atoms with van der Waals surface area (Å²) in [6, 6.07) is 2.28. The first-order valence-electron chi connectivity index (χ1n) is 6.48. The lowest BCUT2D eigenvalue weighted by molar-refractivity contribution is 0.561. The van der Waals surface area contributed by atoms with E-state index in [9.17, 15) is 0 Å². The van der Waals surface area contributed by atoms with E-state index >= 15 is 0 Å². The van der Waals surface area contributed by atoms with Crippen LogP contribution in [-0.2, 0) is 0 Å². The first-order valence-corrected chi connectivity index (χ1v) is 6.48. The Bertz CT molecular complexity index is 222. The molecule has 0 amide bonds. The predicted octanol–water partition coefficient (Wildman–Crippen LogP) is 4.74. The maximum absolute atomic E-state index is 8.72. The van der Waals surface area contributed by atoms with E-state index in [-0.39, 0.29) is 0 Å². The van der Waals surface area contributed by atoms with Gasteiger partial charge in [0, 0.05) is 0 Å². The molecule has 0 aromatic carbocycles. The Morgan fingerprint density at radius 3 is 2.20 bits per heavy atom. The minimum absolute atomic E-state index is 0.653. The lowest BCUT2D eigenvalue weighted by atomic mass is 9.99. The van der Waals surface area contributed by atoms with Gasteiger partial charge in [-0.1, -0.05) is 50.2 Å². The Labute approximate surface area is 94.2 Å². The van der Waals surface area contributed by atoms with Gasteiger partial charge in [0.2, 0.25) is 0 Å². The van der Waals surface area contributed by atoms with Gasteiger partial charge in [0.15, 0.2) is 0 Å². The maximum Gasteiger partial charge on any atom is 0.0666 e. The highest BCUT2D eigenvalue weighted by Gasteiger charge is 1.99. The quantitative estimate of drug-likeness (QED) is 0.567. The second-order valence-corrected chi connectivity index (χ2v) is 4.56. The Kier molecular flexibility index (Phi) is 7.00. The van der Waals surface area contributed by atoms with E-state index in [0.29, 0.717) is 6.42 Å². The van der Waals surface area contributed by atoms with Gasteiger partial charge in [-0.2, -0.15) is 5.26 Å². The molecule has 1 aliphatic carbocycles.